The van der Waals surface area contributed by atoms with Gasteiger partial charge >= 0.3 is 0 Å². The van der Waals surface area contributed by atoms with Gasteiger partial charge < -0.3 is 5.32 Å². The summed E-state index contributed by atoms with van der Waals surface area (Å²) in [5.74, 6) is 0. The minimum absolute atomic E-state index is 0.176. The van der Waals surface area contributed by atoms with Crippen LogP contribution in [0.1, 0.15) is 32.1 Å². The standard InChI is InChI=1S/C10H20N2O2S/c1-15(13,14)12-9-3-2-4-10(9)5-7-11-8-6-10/h9,11-12H,2-8H2,1H3. The van der Waals surface area contributed by atoms with Crippen LogP contribution in [-0.2, 0) is 10.0 Å². The topological polar surface area (TPSA) is 58.2 Å². The maximum Gasteiger partial charge on any atom is 0.208 e. The zero-order chi connectivity index (χ0) is 10.9. The van der Waals surface area contributed by atoms with Gasteiger partial charge in [0.1, 0.15) is 0 Å². The lowest BCUT2D eigenvalue weighted by Crippen LogP contribution is -2.48. The third-order valence-electron chi connectivity index (χ3n) is 3.86. The molecule has 1 saturated heterocycles. The summed E-state index contributed by atoms with van der Waals surface area (Å²) in [5, 5.41) is 3.34. The highest BCUT2D eigenvalue weighted by Gasteiger charge is 2.44. The predicted octanol–water partition coefficient (Wildman–Crippen LogP) is 0.458. The molecular weight excluding hydrogens is 212 g/mol. The zero-order valence-electron chi connectivity index (χ0n) is 9.25. The van der Waals surface area contributed by atoms with Crippen molar-refractivity contribution in [3.63, 3.8) is 0 Å². The van der Waals surface area contributed by atoms with Gasteiger partial charge in [-0.25, -0.2) is 13.1 Å². The minimum Gasteiger partial charge on any atom is -0.317 e. The summed E-state index contributed by atoms with van der Waals surface area (Å²) in [4.78, 5) is 0. The number of hydrogen-bond donors (Lipinski definition) is 2. The Labute approximate surface area is 91.9 Å². The Hall–Kier alpha value is -0.130. The van der Waals surface area contributed by atoms with E-state index in [1.807, 2.05) is 0 Å². The molecule has 1 unspecified atom stereocenters. The highest BCUT2D eigenvalue weighted by Crippen LogP contribution is 2.45. The predicted molar refractivity (Wildman–Crippen MR) is 60.2 cm³/mol. The summed E-state index contributed by atoms with van der Waals surface area (Å²) >= 11 is 0. The van der Waals surface area contributed by atoms with Gasteiger partial charge in [-0.2, -0.15) is 0 Å². The second kappa shape index (κ2) is 4.03. The number of nitrogens with one attached hydrogen (secondary N) is 2. The van der Waals surface area contributed by atoms with E-state index in [0.717, 1.165) is 38.8 Å². The van der Waals surface area contributed by atoms with Crippen LogP contribution in [0.3, 0.4) is 0 Å². The van der Waals surface area contributed by atoms with Gasteiger partial charge in [-0.3, -0.25) is 0 Å². The summed E-state index contributed by atoms with van der Waals surface area (Å²) in [7, 11) is -3.05. The van der Waals surface area contributed by atoms with Crippen LogP contribution in [-0.4, -0.2) is 33.8 Å². The molecule has 1 atom stereocenters. The molecule has 0 radical (unpaired) electrons. The fourth-order valence-electron chi connectivity index (χ4n) is 3.10. The molecule has 0 aromatic heterocycles. The van der Waals surface area contributed by atoms with Gasteiger partial charge in [-0.05, 0) is 44.2 Å². The average Bonchev–Trinajstić information content (AvgIpc) is 2.48. The summed E-state index contributed by atoms with van der Waals surface area (Å²) in [6.07, 6.45) is 6.84. The Bertz CT molecular complexity index is 320. The summed E-state index contributed by atoms with van der Waals surface area (Å²) in [6, 6.07) is 0.176. The van der Waals surface area contributed by atoms with Crippen LogP contribution in [0, 0.1) is 5.41 Å². The molecule has 1 aliphatic carbocycles. The Morgan fingerprint density at radius 2 is 1.93 bits per heavy atom. The molecule has 4 nitrogen and oxygen atoms in total. The molecule has 5 heteroatoms. The molecule has 1 heterocycles. The molecule has 0 aromatic rings. The van der Waals surface area contributed by atoms with Crippen LogP contribution < -0.4 is 10.0 Å². The zero-order valence-corrected chi connectivity index (χ0v) is 10.1. The van der Waals surface area contributed by atoms with Crippen molar-refractivity contribution in [3.05, 3.63) is 0 Å². The minimum atomic E-state index is -3.05. The fraction of sp³-hybridized carbons (Fsp3) is 1.00. The van der Waals surface area contributed by atoms with Crippen LogP contribution in [0.5, 0.6) is 0 Å². The van der Waals surface area contributed by atoms with Crippen molar-refractivity contribution in [1.82, 2.24) is 10.0 Å². The molecule has 88 valence electrons. The van der Waals surface area contributed by atoms with E-state index in [1.165, 1.54) is 12.7 Å². The average molecular weight is 232 g/mol. The third-order valence-corrected chi connectivity index (χ3v) is 4.58. The van der Waals surface area contributed by atoms with Crippen LogP contribution in [0.15, 0.2) is 0 Å². The first-order valence-corrected chi connectivity index (χ1v) is 7.59. The third kappa shape index (κ3) is 2.52. The molecule has 0 bridgehead atoms. The van der Waals surface area contributed by atoms with Crippen molar-refractivity contribution in [2.75, 3.05) is 19.3 Å². The van der Waals surface area contributed by atoms with Crippen LogP contribution in [0.4, 0.5) is 0 Å². The molecule has 0 aromatic carbocycles. The molecule has 1 spiro atoms. The Morgan fingerprint density at radius 3 is 2.53 bits per heavy atom. The van der Waals surface area contributed by atoms with Crippen molar-refractivity contribution >= 4 is 10.0 Å². The van der Waals surface area contributed by atoms with Crippen molar-refractivity contribution < 1.29 is 8.42 Å². The lowest BCUT2D eigenvalue weighted by molar-refractivity contribution is 0.174. The normalized spacial score (nSPS) is 30.9. The molecular formula is C10H20N2O2S. The SMILES string of the molecule is CS(=O)(=O)NC1CCCC12CCNCC2. The van der Waals surface area contributed by atoms with E-state index in [0.29, 0.717) is 0 Å². The second-order valence-corrected chi connectivity index (χ2v) is 6.73. The first-order valence-electron chi connectivity index (χ1n) is 5.70. The van der Waals surface area contributed by atoms with E-state index in [-0.39, 0.29) is 11.5 Å². The molecule has 0 amide bonds. The highest BCUT2D eigenvalue weighted by molar-refractivity contribution is 7.88. The molecule has 15 heavy (non-hydrogen) atoms. The quantitative estimate of drug-likeness (QED) is 0.727. The maximum atomic E-state index is 11.3. The highest BCUT2D eigenvalue weighted by atomic mass is 32.2. The monoisotopic (exact) mass is 232 g/mol. The number of piperidine rings is 1. The Balaban J connectivity index is 2.10. The number of rotatable bonds is 2. The summed E-state index contributed by atoms with van der Waals surface area (Å²) in [5.41, 5.74) is 0.244. The molecule has 2 N–H and O–H groups in total. The largest absolute Gasteiger partial charge is 0.317 e. The second-order valence-electron chi connectivity index (χ2n) is 4.95. The Morgan fingerprint density at radius 1 is 1.27 bits per heavy atom. The summed E-state index contributed by atoms with van der Waals surface area (Å²) < 4.78 is 25.4. The lowest BCUT2D eigenvalue weighted by Gasteiger charge is -2.39. The molecule has 1 aliphatic heterocycles. The van der Waals surface area contributed by atoms with Crippen molar-refractivity contribution in [2.45, 2.75) is 38.1 Å². The van der Waals surface area contributed by atoms with Crippen molar-refractivity contribution in [2.24, 2.45) is 5.41 Å². The van der Waals surface area contributed by atoms with E-state index in [1.54, 1.807) is 0 Å². The van der Waals surface area contributed by atoms with Gasteiger partial charge in [0, 0.05) is 6.04 Å². The summed E-state index contributed by atoms with van der Waals surface area (Å²) in [6.45, 7) is 2.06. The Kier molecular flexibility index (Phi) is 3.05. The van der Waals surface area contributed by atoms with E-state index in [2.05, 4.69) is 10.0 Å². The van der Waals surface area contributed by atoms with Crippen LogP contribution in [0.2, 0.25) is 0 Å². The van der Waals surface area contributed by atoms with Gasteiger partial charge in [-0.1, -0.05) is 6.42 Å². The smallest absolute Gasteiger partial charge is 0.208 e. The van der Waals surface area contributed by atoms with Crippen molar-refractivity contribution in [3.8, 4) is 0 Å². The first kappa shape index (κ1) is 11.4. The van der Waals surface area contributed by atoms with E-state index in [4.69, 9.17) is 0 Å². The number of hydrogen-bond acceptors (Lipinski definition) is 3. The molecule has 1 saturated carbocycles. The first-order chi connectivity index (χ1) is 7.02. The lowest BCUT2D eigenvalue weighted by atomic mass is 9.75. The van der Waals surface area contributed by atoms with E-state index >= 15 is 0 Å². The van der Waals surface area contributed by atoms with Gasteiger partial charge in [0.25, 0.3) is 0 Å². The van der Waals surface area contributed by atoms with Gasteiger partial charge in [-0.15, -0.1) is 0 Å². The molecule has 2 aliphatic rings. The molecule has 2 fully saturated rings. The number of sulfonamides is 1. The van der Waals surface area contributed by atoms with Crippen LogP contribution >= 0.6 is 0 Å². The maximum absolute atomic E-state index is 11.3. The molecule has 2 rings (SSSR count). The van der Waals surface area contributed by atoms with Gasteiger partial charge in [0.15, 0.2) is 0 Å². The van der Waals surface area contributed by atoms with Crippen LogP contribution in [0.25, 0.3) is 0 Å². The van der Waals surface area contributed by atoms with E-state index < -0.39 is 10.0 Å². The van der Waals surface area contributed by atoms with Gasteiger partial charge in [0.05, 0.1) is 6.26 Å². The van der Waals surface area contributed by atoms with Gasteiger partial charge in [0.2, 0.25) is 10.0 Å². The van der Waals surface area contributed by atoms with Crippen molar-refractivity contribution in [1.29, 1.82) is 0 Å². The van der Waals surface area contributed by atoms with E-state index in [9.17, 15) is 8.42 Å². The fourth-order valence-corrected chi connectivity index (χ4v) is 3.99.